The molecule has 27 heavy (non-hydrogen) atoms. The largest absolute Gasteiger partial charge is 0.361 e. The number of rotatable bonds is 5. The standard InChI is InChI=1S/C22H23F3N2/c23-19-8-9-21-20(12-19)17(13-26-21)14-27-11-10-22(24,25)18(15-27)7-6-16-4-2-1-3-5-16/h1-5,8-9,12-13,18,26H,6-7,10-11,14-15H2/t18-/m0/s1. The number of halogens is 3. The number of likely N-dealkylation sites (tertiary alicyclic amines) is 1. The first-order valence-electron chi connectivity index (χ1n) is 9.41. The zero-order valence-corrected chi connectivity index (χ0v) is 15.1. The number of hydrogen-bond acceptors (Lipinski definition) is 1. The second-order valence-electron chi connectivity index (χ2n) is 7.47. The molecule has 1 saturated heterocycles. The van der Waals surface area contributed by atoms with Crippen LogP contribution in [0.15, 0.2) is 54.7 Å². The van der Waals surface area contributed by atoms with E-state index in [-0.39, 0.29) is 12.2 Å². The molecule has 0 saturated carbocycles. The van der Waals surface area contributed by atoms with Crippen LogP contribution in [-0.4, -0.2) is 28.9 Å². The van der Waals surface area contributed by atoms with Gasteiger partial charge in [-0.3, -0.25) is 4.90 Å². The molecule has 1 fully saturated rings. The molecule has 1 atom stereocenters. The number of benzene rings is 2. The zero-order chi connectivity index (χ0) is 18.9. The molecule has 0 spiro atoms. The fourth-order valence-electron chi connectivity index (χ4n) is 4.00. The molecule has 5 heteroatoms. The minimum Gasteiger partial charge on any atom is -0.361 e. The summed E-state index contributed by atoms with van der Waals surface area (Å²) in [7, 11) is 0. The third-order valence-electron chi connectivity index (χ3n) is 5.58. The Balaban J connectivity index is 1.45. The van der Waals surface area contributed by atoms with Gasteiger partial charge in [-0.25, -0.2) is 13.2 Å². The minimum absolute atomic E-state index is 0.122. The van der Waals surface area contributed by atoms with Crippen molar-refractivity contribution in [1.29, 1.82) is 0 Å². The number of fused-ring (bicyclic) bond motifs is 1. The molecule has 4 rings (SSSR count). The van der Waals surface area contributed by atoms with Gasteiger partial charge < -0.3 is 4.98 Å². The average Bonchev–Trinajstić information content (AvgIpc) is 3.05. The molecule has 2 nitrogen and oxygen atoms in total. The Kier molecular flexibility index (Phi) is 4.96. The quantitative estimate of drug-likeness (QED) is 0.636. The summed E-state index contributed by atoms with van der Waals surface area (Å²) in [6, 6.07) is 14.4. The molecule has 0 radical (unpaired) electrons. The Morgan fingerprint density at radius 2 is 1.93 bits per heavy atom. The first-order chi connectivity index (χ1) is 13.0. The average molecular weight is 372 g/mol. The van der Waals surface area contributed by atoms with Crippen molar-refractivity contribution < 1.29 is 13.2 Å². The molecule has 2 aromatic carbocycles. The van der Waals surface area contributed by atoms with Gasteiger partial charge in [0.25, 0.3) is 5.92 Å². The first-order valence-corrected chi connectivity index (χ1v) is 9.41. The van der Waals surface area contributed by atoms with E-state index in [1.54, 1.807) is 6.07 Å². The Morgan fingerprint density at radius 3 is 2.74 bits per heavy atom. The maximum absolute atomic E-state index is 14.4. The van der Waals surface area contributed by atoms with E-state index >= 15 is 0 Å². The Labute approximate surface area is 157 Å². The van der Waals surface area contributed by atoms with E-state index in [2.05, 4.69) is 9.88 Å². The van der Waals surface area contributed by atoms with Crippen LogP contribution in [0.1, 0.15) is 24.0 Å². The Bertz CT molecular complexity index is 904. The third-order valence-corrected chi connectivity index (χ3v) is 5.58. The lowest BCUT2D eigenvalue weighted by Crippen LogP contribution is -2.46. The molecular formula is C22H23F3N2. The van der Waals surface area contributed by atoms with E-state index in [1.165, 1.54) is 12.1 Å². The maximum atomic E-state index is 14.4. The van der Waals surface area contributed by atoms with E-state index in [0.29, 0.717) is 32.5 Å². The number of piperidine rings is 1. The monoisotopic (exact) mass is 372 g/mol. The van der Waals surface area contributed by atoms with Crippen molar-refractivity contribution in [2.45, 2.75) is 31.7 Å². The Hall–Kier alpha value is -2.27. The summed E-state index contributed by atoms with van der Waals surface area (Å²) >= 11 is 0. The summed E-state index contributed by atoms with van der Waals surface area (Å²) in [6.07, 6.45) is 2.86. The molecule has 142 valence electrons. The van der Waals surface area contributed by atoms with E-state index in [1.807, 2.05) is 36.5 Å². The van der Waals surface area contributed by atoms with E-state index < -0.39 is 11.8 Å². The summed E-state index contributed by atoms with van der Waals surface area (Å²) in [6.45, 7) is 1.28. The molecule has 3 aromatic rings. The lowest BCUT2D eigenvalue weighted by Gasteiger charge is -2.38. The second kappa shape index (κ2) is 7.39. The molecule has 0 amide bonds. The molecule has 1 aromatic heterocycles. The summed E-state index contributed by atoms with van der Waals surface area (Å²) in [4.78, 5) is 5.21. The van der Waals surface area contributed by atoms with Crippen LogP contribution in [0.4, 0.5) is 13.2 Å². The van der Waals surface area contributed by atoms with Gasteiger partial charge in [-0.05, 0) is 42.2 Å². The van der Waals surface area contributed by atoms with Gasteiger partial charge in [-0.15, -0.1) is 0 Å². The SMILES string of the molecule is Fc1ccc2[nH]cc(CN3CCC(F)(F)[C@@H](CCc4ccccc4)C3)c2c1. The molecule has 2 heterocycles. The van der Waals surface area contributed by atoms with Crippen molar-refractivity contribution in [3.8, 4) is 0 Å². The highest BCUT2D eigenvalue weighted by Crippen LogP contribution is 2.37. The minimum atomic E-state index is -2.63. The van der Waals surface area contributed by atoms with Crippen molar-refractivity contribution in [2.24, 2.45) is 5.92 Å². The van der Waals surface area contributed by atoms with E-state index in [9.17, 15) is 13.2 Å². The van der Waals surface area contributed by atoms with Crippen LogP contribution in [0.25, 0.3) is 10.9 Å². The van der Waals surface area contributed by atoms with E-state index in [0.717, 1.165) is 22.0 Å². The van der Waals surface area contributed by atoms with Crippen LogP contribution >= 0.6 is 0 Å². The number of aromatic amines is 1. The number of H-pyrrole nitrogens is 1. The van der Waals surface area contributed by atoms with E-state index in [4.69, 9.17) is 0 Å². The number of nitrogens with one attached hydrogen (secondary N) is 1. The molecule has 0 aliphatic carbocycles. The van der Waals surface area contributed by atoms with Gasteiger partial charge in [-0.2, -0.15) is 0 Å². The van der Waals surface area contributed by atoms with Crippen LogP contribution in [0.3, 0.4) is 0 Å². The normalized spacial score (nSPS) is 20.2. The van der Waals surface area contributed by atoms with Crippen LogP contribution in [0.2, 0.25) is 0 Å². The molecule has 1 aliphatic rings. The highest BCUT2D eigenvalue weighted by molar-refractivity contribution is 5.83. The van der Waals surface area contributed by atoms with Gasteiger partial charge in [0, 0.05) is 49.1 Å². The summed E-state index contributed by atoms with van der Waals surface area (Å²) in [5.74, 6) is -3.57. The van der Waals surface area contributed by atoms with Crippen molar-refractivity contribution in [3.63, 3.8) is 0 Å². The fourth-order valence-corrected chi connectivity index (χ4v) is 4.00. The molecular weight excluding hydrogens is 349 g/mol. The van der Waals surface area contributed by atoms with Crippen molar-refractivity contribution >= 4 is 10.9 Å². The Morgan fingerprint density at radius 1 is 1.11 bits per heavy atom. The van der Waals surface area contributed by atoms with Gasteiger partial charge in [0.05, 0.1) is 0 Å². The van der Waals surface area contributed by atoms with Crippen molar-refractivity contribution in [3.05, 3.63) is 71.7 Å². The number of hydrogen-bond donors (Lipinski definition) is 1. The van der Waals surface area contributed by atoms with Gasteiger partial charge in [0.2, 0.25) is 0 Å². The maximum Gasteiger partial charge on any atom is 0.253 e. The molecule has 0 bridgehead atoms. The van der Waals surface area contributed by atoms with Gasteiger partial charge in [0.15, 0.2) is 0 Å². The van der Waals surface area contributed by atoms with Crippen LogP contribution in [0.5, 0.6) is 0 Å². The second-order valence-corrected chi connectivity index (χ2v) is 7.47. The lowest BCUT2D eigenvalue weighted by molar-refractivity contribution is -0.109. The third kappa shape index (κ3) is 4.03. The predicted octanol–water partition coefficient (Wildman–Crippen LogP) is 5.40. The smallest absolute Gasteiger partial charge is 0.253 e. The first kappa shape index (κ1) is 18.1. The zero-order valence-electron chi connectivity index (χ0n) is 15.1. The van der Waals surface area contributed by atoms with Gasteiger partial charge >= 0.3 is 0 Å². The van der Waals surface area contributed by atoms with Crippen molar-refractivity contribution in [2.75, 3.05) is 13.1 Å². The van der Waals surface area contributed by atoms with Gasteiger partial charge in [0.1, 0.15) is 5.82 Å². The number of nitrogens with zero attached hydrogens (tertiary/aromatic N) is 1. The van der Waals surface area contributed by atoms with Gasteiger partial charge in [-0.1, -0.05) is 30.3 Å². The topological polar surface area (TPSA) is 19.0 Å². The molecule has 0 unspecified atom stereocenters. The fraction of sp³-hybridized carbons (Fsp3) is 0.364. The van der Waals surface area contributed by atoms with Crippen molar-refractivity contribution in [1.82, 2.24) is 9.88 Å². The highest BCUT2D eigenvalue weighted by Gasteiger charge is 2.43. The summed E-state index contributed by atoms with van der Waals surface area (Å²) in [5.41, 5.74) is 2.92. The molecule has 1 aliphatic heterocycles. The van der Waals surface area contributed by atoms with Crippen LogP contribution in [0, 0.1) is 11.7 Å². The predicted molar refractivity (Wildman–Crippen MR) is 101 cm³/mol. The highest BCUT2D eigenvalue weighted by atomic mass is 19.3. The van der Waals surface area contributed by atoms with Crippen LogP contribution in [-0.2, 0) is 13.0 Å². The summed E-state index contributed by atoms with van der Waals surface area (Å²) in [5, 5.41) is 0.827. The summed E-state index contributed by atoms with van der Waals surface area (Å²) < 4.78 is 42.5. The molecule has 1 N–H and O–H groups in total. The number of alkyl halides is 2. The number of aromatic nitrogens is 1. The lowest BCUT2D eigenvalue weighted by atomic mass is 9.88. The van der Waals surface area contributed by atoms with Crippen LogP contribution < -0.4 is 0 Å². The number of aryl methyl sites for hydroxylation is 1.